The van der Waals surface area contributed by atoms with Gasteiger partial charge in [0.1, 0.15) is 12.4 Å². The van der Waals surface area contributed by atoms with Crippen molar-refractivity contribution >= 4 is 17.2 Å². The third-order valence-corrected chi connectivity index (χ3v) is 5.09. The van der Waals surface area contributed by atoms with Crippen molar-refractivity contribution in [2.24, 2.45) is 0 Å². The predicted molar refractivity (Wildman–Crippen MR) is 86.1 cm³/mol. The second-order valence-corrected chi connectivity index (χ2v) is 6.67. The zero-order valence-corrected chi connectivity index (χ0v) is 13.2. The Morgan fingerprint density at radius 2 is 2.43 bits per heavy atom. The minimum absolute atomic E-state index is 0.0788. The topological polar surface area (TPSA) is 83.5 Å². The zero-order chi connectivity index (χ0) is 15.8. The second-order valence-electron chi connectivity index (χ2n) is 5.82. The average Bonchev–Trinajstić information content (AvgIpc) is 3.21. The highest BCUT2D eigenvalue weighted by atomic mass is 32.1. The molecule has 3 heterocycles. The van der Waals surface area contributed by atoms with Crippen LogP contribution < -0.4 is 15.4 Å². The highest BCUT2D eigenvalue weighted by Crippen LogP contribution is 2.39. The van der Waals surface area contributed by atoms with Crippen LogP contribution in [0.3, 0.4) is 0 Å². The number of rotatable bonds is 3. The summed E-state index contributed by atoms with van der Waals surface area (Å²) in [6.45, 7) is 1.41. The van der Waals surface area contributed by atoms with Crippen LogP contribution >= 0.6 is 11.3 Å². The van der Waals surface area contributed by atoms with Gasteiger partial charge in [-0.25, -0.2) is 4.98 Å². The number of hydrogen-bond donors (Lipinski definition) is 3. The lowest BCUT2D eigenvalue weighted by Crippen LogP contribution is -2.40. The number of thiazole rings is 1. The van der Waals surface area contributed by atoms with Crippen molar-refractivity contribution < 1.29 is 14.6 Å². The number of nitrogens with one attached hydrogen (secondary N) is 2. The van der Waals surface area contributed by atoms with Gasteiger partial charge < -0.3 is 20.5 Å². The Balaban J connectivity index is 1.44. The van der Waals surface area contributed by atoms with Crippen LogP contribution in [-0.2, 0) is 17.9 Å². The van der Waals surface area contributed by atoms with Gasteiger partial charge in [0, 0.05) is 18.7 Å². The highest BCUT2D eigenvalue weighted by molar-refractivity contribution is 7.13. The number of nitrogens with zero attached hydrogens (tertiary/aromatic N) is 1. The number of hydrogen-bond acceptors (Lipinski definition) is 6. The molecule has 1 aromatic heterocycles. The molecule has 0 aliphatic carbocycles. The summed E-state index contributed by atoms with van der Waals surface area (Å²) in [5.74, 6) is 0.757. The van der Waals surface area contributed by atoms with Crippen LogP contribution in [0.2, 0.25) is 0 Å². The number of fused-ring (bicyclic) bond motifs is 3. The van der Waals surface area contributed by atoms with Crippen molar-refractivity contribution in [3.8, 4) is 16.2 Å². The minimum atomic E-state index is -0.434. The van der Waals surface area contributed by atoms with Gasteiger partial charge in [-0.3, -0.25) is 4.79 Å². The monoisotopic (exact) mass is 331 g/mol. The summed E-state index contributed by atoms with van der Waals surface area (Å²) in [6, 6.07) is 5.67. The SMILES string of the molecule is O=C(NCc1ccc2c(c1)OCc1ncsc1-2)[C@@H]1C[C@@H](O)CN1. The van der Waals surface area contributed by atoms with Crippen molar-refractivity contribution in [3.05, 3.63) is 35.0 Å². The third kappa shape index (κ3) is 2.83. The molecule has 3 N–H and O–H groups in total. The van der Waals surface area contributed by atoms with Crippen molar-refractivity contribution in [1.82, 2.24) is 15.6 Å². The molecule has 0 unspecified atom stereocenters. The van der Waals surface area contributed by atoms with E-state index in [1.54, 1.807) is 11.3 Å². The first-order valence-corrected chi connectivity index (χ1v) is 8.46. The van der Waals surface area contributed by atoms with Gasteiger partial charge in [0.2, 0.25) is 5.91 Å². The molecule has 4 rings (SSSR count). The third-order valence-electron chi connectivity index (χ3n) is 4.19. The first-order valence-electron chi connectivity index (χ1n) is 7.58. The number of carbonyl (C=O) groups is 1. The summed E-state index contributed by atoms with van der Waals surface area (Å²) < 4.78 is 5.76. The summed E-state index contributed by atoms with van der Waals surface area (Å²) in [6.07, 6.45) is 0.0318. The zero-order valence-electron chi connectivity index (χ0n) is 12.4. The fourth-order valence-electron chi connectivity index (χ4n) is 2.95. The summed E-state index contributed by atoms with van der Waals surface area (Å²) in [4.78, 5) is 17.5. The fraction of sp³-hybridized carbons (Fsp3) is 0.375. The molecule has 0 saturated carbocycles. The molecule has 6 nitrogen and oxygen atoms in total. The van der Waals surface area contributed by atoms with Crippen LogP contribution in [0.25, 0.3) is 10.4 Å². The molecule has 2 atom stereocenters. The van der Waals surface area contributed by atoms with E-state index >= 15 is 0 Å². The molecular formula is C16H17N3O3S. The Hall–Kier alpha value is -1.96. The summed E-state index contributed by atoms with van der Waals surface area (Å²) in [5.41, 5.74) is 4.86. The molecule has 120 valence electrons. The Morgan fingerprint density at radius 3 is 3.26 bits per heavy atom. The second kappa shape index (κ2) is 5.92. The van der Waals surface area contributed by atoms with Crippen molar-refractivity contribution in [2.75, 3.05) is 6.54 Å². The van der Waals surface area contributed by atoms with E-state index in [0.717, 1.165) is 27.4 Å². The maximum absolute atomic E-state index is 12.1. The Kier molecular flexibility index (Phi) is 3.76. The maximum Gasteiger partial charge on any atom is 0.237 e. The molecule has 1 amide bonds. The number of ether oxygens (including phenoxy) is 1. The Labute approximate surface area is 137 Å². The lowest BCUT2D eigenvalue weighted by atomic mass is 10.1. The number of carbonyl (C=O) groups excluding carboxylic acids is 1. The quantitative estimate of drug-likeness (QED) is 0.783. The maximum atomic E-state index is 12.1. The number of amides is 1. The van der Waals surface area contributed by atoms with Gasteiger partial charge in [-0.15, -0.1) is 11.3 Å². The highest BCUT2D eigenvalue weighted by Gasteiger charge is 2.27. The molecule has 2 aliphatic heterocycles. The molecule has 7 heteroatoms. The van der Waals surface area contributed by atoms with E-state index in [0.29, 0.717) is 26.1 Å². The lowest BCUT2D eigenvalue weighted by molar-refractivity contribution is -0.123. The average molecular weight is 331 g/mol. The molecular weight excluding hydrogens is 314 g/mol. The van der Waals surface area contributed by atoms with Gasteiger partial charge in [0.25, 0.3) is 0 Å². The van der Waals surface area contributed by atoms with Gasteiger partial charge in [0.15, 0.2) is 0 Å². The van der Waals surface area contributed by atoms with E-state index in [4.69, 9.17) is 4.74 Å². The molecule has 2 aromatic rings. The van der Waals surface area contributed by atoms with Crippen molar-refractivity contribution in [2.45, 2.75) is 31.7 Å². The van der Waals surface area contributed by atoms with Gasteiger partial charge in [-0.05, 0) is 24.1 Å². The van der Waals surface area contributed by atoms with Crippen LogP contribution in [0.4, 0.5) is 0 Å². The molecule has 0 bridgehead atoms. The van der Waals surface area contributed by atoms with E-state index in [9.17, 15) is 9.90 Å². The molecule has 1 aromatic carbocycles. The fourth-order valence-corrected chi connectivity index (χ4v) is 3.78. The molecule has 0 radical (unpaired) electrons. The lowest BCUT2D eigenvalue weighted by Gasteiger charge is -2.18. The van der Waals surface area contributed by atoms with E-state index in [-0.39, 0.29) is 11.9 Å². The molecule has 0 spiro atoms. The van der Waals surface area contributed by atoms with Crippen LogP contribution in [0.5, 0.6) is 5.75 Å². The smallest absolute Gasteiger partial charge is 0.237 e. The number of benzene rings is 1. The summed E-state index contributed by atoms with van der Waals surface area (Å²) >= 11 is 1.62. The van der Waals surface area contributed by atoms with Crippen LogP contribution in [-0.4, -0.2) is 34.7 Å². The Morgan fingerprint density at radius 1 is 1.52 bits per heavy atom. The van der Waals surface area contributed by atoms with Gasteiger partial charge in [-0.2, -0.15) is 0 Å². The van der Waals surface area contributed by atoms with Gasteiger partial charge in [-0.1, -0.05) is 6.07 Å². The van der Waals surface area contributed by atoms with E-state index in [2.05, 4.69) is 15.6 Å². The van der Waals surface area contributed by atoms with Crippen LogP contribution in [0.1, 0.15) is 17.7 Å². The number of aromatic nitrogens is 1. The molecule has 1 fully saturated rings. The largest absolute Gasteiger partial charge is 0.487 e. The normalized spacial score (nSPS) is 22.1. The molecule has 1 saturated heterocycles. The first kappa shape index (κ1) is 14.6. The Bertz CT molecular complexity index is 746. The minimum Gasteiger partial charge on any atom is -0.487 e. The van der Waals surface area contributed by atoms with Crippen LogP contribution in [0.15, 0.2) is 23.7 Å². The van der Waals surface area contributed by atoms with Gasteiger partial charge >= 0.3 is 0 Å². The van der Waals surface area contributed by atoms with E-state index in [1.807, 2.05) is 23.7 Å². The molecule has 2 aliphatic rings. The standard InChI is InChI=1S/C16H17N3O3S/c20-10-4-12(17-6-10)16(21)18-5-9-1-2-11-14(3-9)22-7-13-15(11)23-8-19-13/h1-3,8,10,12,17,20H,4-7H2,(H,18,21)/t10-,12+/m1/s1. The van der Waals surface area contributed by atoms with E-state index < -0.39 is 6.10 Å². The summed E-state index contributed by atoms with van der Waals surface area (Å²) in [5, 5.41) is 15.4. The summed E-state index contributed by atoms with van der Waals surface area (Å²) in [7, 11) is 0. The predicted octanol–water partition coefficient (Wildman–Crippen LogP) is 1.04. The van der Waals surface area contributed by atoms with Crippen molar-refractivity contribution in [1.29, 1.82) is 0 Å². The number of aliphatic hydroxyl groups excluding tert-OH is 1. The first-order chi connectivity index (χ1) is 11.2. The van der Waals surface area contributed by atoms with Crippen LogP contribution in [0, 0.1) is 0 Å². The molecule has 23 heavy (non-hydrogen) atoms. The number of aliphatic hydroxyl groups is 1. The van der Waals surface area contributed by atoms with E-state index in [1.165, 1.54) is 0 Å². The van der Waals surface area contributed by atoms with Crippen molar-refractivity contribution in [3.63, 3.8) is 0 Å². The van der Waals surface area contributed by atoms with Gasteiger partial charge in [0.05, 0.1) is 28.2 Å². The number of β-amino-alcohol motifs (C(OH)–C–C–N with tert-alkyl or cyclic N) is 1.